The fourth-order valence-electron chi connectivity index (χ4n) is 2.63. The van der Waals surface area contributed by atoms with E-state index in [1.807, 2.05) is 18.2 Å². The molecule has 1 fully saturated rings. The molecule has 1 aromatic carbocycles. The smallest absolute Gasteiger partial charge is 0.233 e. The normalized spacial score (nSPS) is 23.2. The second-order valence-corrected chi connectivity index (χ2v) is 6.08. The van der Waals surface area contributed by atoms with Crippen LogP contribution in [-0.4, -0.2) is 29.4 Å². The third-order valence-electron chi connectivity index (χ3n) is 4.22. The number of hydrogen-bond acceptors (Lipinski definition) is 5. The van der Waals surface area contributed by atoms with Crippen molar-refractivity contribution in [2.24, 2.45) is 5.73 Å². The Morgan fingerprint density at radius 2 is 2.00 bits per heavy atom. The summed E-state index contributed by atoms with van der Waals surface area (Å²) in [6, 6.07) is 10.2. The molecular formula is C16H21N3O2. The van der Waals surface area contributed by atoms with Crippen LogP contribution in [0.3, 0.4) is 0 Å². The van der Waals surface area contributed by atoms with Gasteiger partial charge in [-0.1, -0.05) is 35.5 Å². The molecule has 1 aliphatic rings. The van der Waals surface area contributed by atoms with Crippen molar-refractivity contribution in [2.75, 3.05) is 13.2 Å². The lowest BCUT2D eigenvalue weighted by atomic mass is 9.84. The average molecular weight is 287 g/mol. The molecular weight excluding hydrogens is 266 g/mol. The van der Waals surface area contributed by atoms with E-state index in [4.69, 9.17) is 15.0 Å². The molecule has 2 unspecified atom stereocenters. The molecule has 112 valence electrons. The first kappa shape index (κ1) is 14.2. The molecule has 1 aromatic heterocycles. The summed E-state index contributed by atoms with van der Waals surface area (Å²) in [7, 11) is 0. The summed E-state index contributed by atoms with van der Waals surface area (Å²) in [5.74, 6) is 1.26. The fourth-order valence-corrected chi connectivity index (χ4v) is 2.63. The monoisotopic (exact) mass is 287 g/mol. The van der Waals surface area contributed by atoms with Crippen molar-refractivity contribution in [3.8, 4) is 0 Å². The minimum absolute atomic E-state index is 0.00780. The molecule has 1 aliphatic heterocycles. The van der Waals surface area contributed by atoms with Gasteiger partial charge in [0.1, 0.15) is 0 Å². The van der Waals surface area contributed by atoms with Gasteiger partial charge in [0.25, 0.3) is 0 Å². The molecule has 3 rings (SSSR count). The van der Waals surface area contributed by atoms with E-state index < -0.39 is 0 Å². The second-order valence-electron chi connectivity index (χ2n) is 6.08. The maximum absolute atomic E-state index is 6.13. The number of nitrogens with two attached hydrogens (primary N) is 1. The van der Waals surface area contributed by atoms with Gasteiger partial charge >= 0.3 is 0 Å². The molecule has 5 nitrogen and oxygen atoms in total. The van der Waals surface area contributed by atoms with Crippen molar-refractivity contribution < 1.29 is 9.26 Å². The molecule has 0 saturated carbocycles. The predicted octanol–water partition coefficient (Wildman–Crippen LogP) is 2.23. The van der Waals surface area contributed by atoms with Gasteiger partial charge in [0.05, 0.1) is 17.9 Å². The highest BCUT2D eigenvalue weighted by molar-refractivity contribution is 5.30. The van der Waals surface area contributed by atoms with Gasteiger partial charge in [0.2, 0.25) is 5.89 Å². The number of benzene rings is 1. The van der Waals surface area contributed by atoms with Crippen molar-refractivity contribution in [2.45, 2.75) is 37.6 Å². The molecule has 2 aromatic rings. The van der Waals surface area contributed by atoms with Gasteiger partial charge in [-0.05, 0) is 25.8 Å². The molecule has 0 bridgehead atoms. The number of hydrogen-bond donors (Lipinski definition) is 1. The molecule has 0 spiro atoms. The molecule has 2 N–H and O–H groups in total. The van der Waals surface area contributed by atoms with Crippen LogP contribution in [0.4, 0.5) is 0 Å². The minimum atomic E-state index is -0.303. The van der Waals surface area contributed by atoms with Crippen molar-refractivity contribution in [1.82, 2.24) is 10.1 Å². The SMILES string of the molecule is CC(C)(c1ccccc1)c1noc(C2COCCC2N)n1. The lowest BCUT2D eigenvalue weighted by Gasteiger charge is -2.25. The van der Waals surface area contributed by atoms with Crippen LogP contribution < -0.4 is 5.73 Å². The minimum Gasteiger partial charge on any atom is -0.381 e. The highest BCUT2D eigenvalue weighted by Gasteiger charge is 2.33. The Kier molecular flexibility index (Phi) is 3.78. The Morgan fingerprint density at radius 3 is 2.71 bits per heavy atom. The molecule has 0 aliphatic carbocycles. The van der Waals surface area contributed by atoms with Crippen molar-refractivity contribution >= 4 is 0 Å². The van der Waals surface area contributed by atoms with E-state index in [9.17, 15) is 0 Å². The molecule has 5 heteroatoms. The van der Waals surface area contributed by atoms with Crippen molar-refractivity contribution in [3.63, 3.8) is 0 Å². The third kappa shape index (κ3) is 2.71. The summed E-state index contributed by atoms with van der Waals surface area (Å²) in [5, 5.41) is 4.18. The largest absolute Gasteiger partial charge is 0.381 e. The Balaban J connectivity index is 1.87. The van der Waals surface area contributed by atoms with Gasteiger partial charge in [-0.2, -0.15) is 4.98 Å². The molecule has 21 heavy (non-hydrogen) atoms. The number of aromatic nitrogens is 2. The molecule has 0 amide bonds. The molecule has 1 saturated heterocycles. The lowest BCUT2D eigenvalue weighted by Crippen LogP contribution is -2.37. The summed E-state index contributed by atoms with van der Waals surface area (Å²) < 4.78 is 10.9. The maximum atomic E-state index is 6.13. The zero-order valence-electron chi connectivity index (χ0n) is 12.5. The average Bonchev–Trinajstić information content (AvgIpc) is 2.99. The van der Waals surface area contributed by atoms with Crippen LogP contribution in [0.1, 0.15) is 43.5 Å². The standard InChI is InChI=1S/C16H21N3O2/c1-16(2,11-6-4-3-5-7-11)15-18-14(21-19-15)12-10-20-9-8-13(12)17/h3-7,12-13H,8-10,17H2,1-2H3. The first-order valence-electron chi connectivity index (χ1n) is 7.32. The van der Waals surface area contributed by atoms with E-state index in [0.717, 1.165) is 12.0 Å². The van der Waals surface area contributed by atoms with Gasteiger partial charge < -0.3 is 15.0 Å². The fraction of sp³-hybridized carbons (Fsp3) is 0.500. The van der Waals surface area contributed by atoms with Crippen LogP contribution in [0.2, 0.25) is 0 Å². The van der Waals surface area contributed by atoms with Gasteiger partial charge in [0.15, 0.2) is 5.82 Å². The van der Waals surface area contributed by atoms with Crippen LogP contribution >= 0.6 is 0 Å². The first-order chi connectivity index (χ1) is 10.1. The Bertz CT molecular complexity index is 595. The van der Waals surface area contributed by atoms with Crippen molar-refractivity contribution in [3.05, 3.63) is 47.6 Å². The second kappa shape index (κ2) is 5.58. The van der Waals surface area contributed by atoms with E-state index in [2.05, 4.69) is 36.1 Å². The highest BCUT2D eigenvalue weighted by Crippen LogP contribution is 2.31. The van der Waals surface area contributed by atoms with Crippen LogP contribution in [0.15, 0.2) is 34.9 Å². The Hall–Kier alpha value is -1.72. The zero-order valence-corrected chi connectivity index (χ0v) is 12.5. The van der Waals surface area contributed by atoms with E-state index in [0.29, 0.717) is 24.9 Å². The summed E-state index contributed by atoms with van der Waals surface area (Å²) in [6.45, 7) is 5.44. The number of rotatable bonds is 3. The highest BCUT2D eigenvalue weighted by atomic mass is 16.5. The molecule has 2 atom stereocenters. The van der Waals surface area contributed by atoms with E-state index >= 15 is 0 Å². The van der Waals surface area contributed by atoms with Crippen LogP contribution in [0, 0.1) is 0 Å². The molecule has 0 radical (unpaired) electrons. The topological polar surface area (TPSA) is 74.2 Å². The summed E-state index contributed by atoms with van der Waals surface area (Å²) in [4.78, 5) is 4.59. The van der Waals surface area contributed by atoms with Crippen LogP contribution in [0.25, 0.3) is 0 Å². The van der Waals surface area contributed by atoms with E-state index in [1.54, 1.807) is 0 Å². The van der Waals surface area contributed by atoms with Crippen LogP contribution in [0.5, 0.6) is 0 Å². The van der Waals surface area contributed by atoms with Gasteiger partial charge in [-0.15, -0.1) is 0 Å². The maximum Gasteiger partial charge on any atom is 0.233 e. The summed E-state index contributed by atoms with van der Waals surface area (Å²) >= 11 is 0. The molecule has 2 heterocycles. The Labute approximate surface area is 124 Å². The third-order valence-corrected chi connectivity index (χ3v) is 4.22. The zero-order chi connectivity index (χ0) is 14.9. The summed E-state index contributed by atoms with van der Waals surface area (Å²) in [5.41, 5.74) is 6.98. The summed E-state index contributed by atoms with van der Waals surface area (Å²) in [6.07, 6.45) is 0.824. The number of nitrogens with zero attached hydrogens (tertiary/aromatic N) is 2. The van der Waals surface area contributed by atoms with Crippen molar-refractivity contribution in [1.29, 1.82) is 0 Å². The number of ether oxygens (including phenoxy) is 1. The quantitative estimate of drug-likeness (QED) is 0.937. The van der Waals surface area contributed by atoms with Gasteiger partial charge in [-0.25, -0.2) is 0 Å². The van der Waals surface area contributed by atoms with E-state index in [1.165, 1.54) is 0 Å². The lowest BCUT2D eigenvalue weighted by molar-refractivity contribution is 0.0590. The van der Waals surface area contributed by atoms with Gasteiger partial charge in [-0.3, -0.25) is 0 Å². The predicted molar refractivity (Wildman–Crippen MR) is 79.0 cm³/mol. The van der Waals surface area contributed by atoms with E-state index in [-0.39, 0.29) is 17.4 Å². The first-order valence-corrected chi connectivity index (χ1v) is 7.32. The van der Waals surface area contributed by atoms with Gasteiger partial charge in [0, 0.05) is 12.6 Å². The Morgan fingerprint density at radius 1 is 1.24 bits per heavy atom. The van der Waals surface area contributed by atoms with Crippen LogP contribution in [-0.2, 0) is 10.2 Å².